The van der Waals surface area contributed by atoms with Crippen LogP contribution in [0.5, 0.6) is 5.75 Å². The van der Waals surface area contributed by atoms with E-state index in [4.69, 9.17) is 9.15 Å². The second-order valence-electron chi connectivity index (χ2n) is 6.61. The van der Waals surface area contributed by atoms with E-state index in [1.54, 1.807) is 24.0 Å². The predicted octanol–water partition coefficient (Wildman–Crippen LogP) is 3.73. The van der Waals surface area contributed by atoms with Crippen LogP contribution in [0.4, 0.5) is 0 Å². The van der Waals surface area contributed by atoms with E-state index in [2.05, 4.69) is 9.97 Å². The molecule has 8 heteroatoms. The SMILES string of the molecule is COc1ccc(-c2nc(CSc3nc4ccccc4c(=O)n3CCCO)co2)cc1. The van der Waals surface area contributed by atoms with Crippen LogP contribution in [-0.4, -0.2) is 33.4 Å². The number of ether oxygens (including phenoxy) is 1. The van der Waals surface area contributed by atoms with Gasteiger partial charge in [-0.2, -0.15) is 0 Å². The molecule has 2 aromatic carbocycles. The lowest BCUT2D eigenvalue weighted by Crippen LogP contribution is -2.24. The van der Waals surface area contributed by atoms with E-state index >= 15 is 0 Å². The summed E-state index contributed by atoms with van der Waals surface area (Å²) in [6.45, 7) is 0.420. The highest BCUT2D eigenvalue weighted by Gasteiger charge is 2.13. The van der Waals surface area contributed by atoms with Crippen molar-refractivity contribution in [2.24, 2.45) is 0 Å². The molecular weight excluding hydrogens is 402 g/mol. The number of oxazole rings is 1. The fourth-order valence-corrected chi connectivity index (χ4v) is 3.96. The van der Waals surface area contributed by atoms with Crippen LogP contribution in [0, 0.1) is 0 Å². The topological polar surface area (TPSA) is 90.4 Å². The Morgan fingerprint density at radius 1 is 1.13 bits per heavy atom. The Bertz CT molecular complexity index is 1200. The van der Waals surface area contributed by atoms with Gasteiger partial charge in [-0.25, -0.2) is 9.97 Å². The molecular formula is C22H21N3O4S. The molecule has 0 atom stereocenters. The van der Waals surface area contributed by atoms with Crippen LogP contribution in [0.25, 0.3) is 22.4 Å². The Kier molecular flexibility index (Phi) is 6.15. The van der Waals surface area contributed by atoms with Crippen LogP contribution < -0.4 is 10.3 Å². The van der Waals surface area contributed by atoms with Gasteiger partial charge >= 0.3 is 0 Å². The number of aliphatic hydroxyl groups is 1. The zero-order chi connectivity index (χ0) is 20.9. The lowest BCUT2D eigenvalue weighted by molar-refractivity contribution is 0.276. The fourth-order valence-electron chi connectivity index (χ4n) is 3.06. The summed E-state index contributed by atoms with van der Waals surface area (Å²) in [5, 5.41) is 10.4. The molecule has 0 aliphatic carbocycles. The second-order valence-corrected chi connectivity index (χ2v) is 7.55. The maximum atomic E-state index is 12.9. The van der Waals surface area contributed by atoms with Crippen molar-refractivity contribution in [3.63, 3.8) is 0 Å². The highest BCUT2D eigenvalue weighted by Crippen LogP contribution is 2.26. The van der Waals surface area contributed by atoms with Crippen molar-refractivity contribution in [1.82, 2.24) is 14.5 Å². The van der Waals surface area contributed by atoms with Gasteiger partial charge in [-0.3, -0.25) is 9.36 Å². The van der Waals surface area contributed by atoms with E-state index in [0.717, 1.165) is 17.0 Å². The van der Waals surface area contributed by atoms with Gasteiger partial charge < -0.3 is 14.3 Å². The Morgan fingerprint density at radius 2 is 1.93 bits per heavy atom. The predicted molar refractivity (Wildman–Crippen MR) is 116 cm³/mol. The van der Waals surface area contributed by atoms with E-state index in [-0.39, 0.29) is 12.2 Å². The summed E-state index contributed by atoms with van der Waals surface area (Å²) >= 11 is 1.42. The summed E-state index contributed by atoms with van der Waals surface area (Å²) in [4.78, 5) is 22.1. The van der Waals surface area contributed by atoms with E-state index in [1.807, 2.05) is 42.5 Å². The molecule has 0 amide bonds. The lowest BCUT2D eigenvalue weighted by Gasteiger charge is -2.12. The molecule has 7 nitrogen and oxygen atoms in total. The monoisotopic (exact) mass is 423 g/mol. The molecule has 2 heterocycles. The first kappa shape index (κ1) is 20.2. The van der Waals surface area contributed by atoms with Crippen molar-refractivity contribution in [1.29, 1.82) is 0 Å². The molecule has 0 unspecified atom stereocenters. The molecule has 0 bridgehead atoms. The molecule has 0 saturated carbocycles. The van der Waals surface area contributed by atoms with E-state index in [9.17, 15) is 9.90 Å². The maximum absolute atomic E-state index is 12.9. The summed E-state index contributed by atoms with van der Waals surface area (Å²) in [5.41, 5.74) is 2.16. The van der Waals surface area contributed by atoms with Gasteiger partial charge in [0.05, 0.1) is 23.7 Å². The van der Waals surface area contributed by atoms with Crippen LogP contribution in [0.3, 0.4) is 0 Å². The van der Waals surface area contributed by atoms with Crippen LogP contribution in [0.2, 0.25) is 0 Å². The number of rotatable bonds is 8. The first-order valence-corrected chi connectivity index (χ1v) is 10.5. The van der Waals surface area contributed by atoms with E-state index < -0.39 is 0 Å². The van der Waals surface area contributed by atoms with Crippen LogP contribution >= 0.6 is 11.8 Å². The standard InChI is InChI=1S/C22H21N3O4S/c1-28-17-9-7-15(8-10-17)20-23-16(13-29-20)14-30-22-24-19-6-3-2-5-18(19)21(27)25(22)11-4-12-26/h2-3,5-10,13,26H,4,11-12,14H2,1H3. The average molecular weight is 423 g/mol. The number of benzene rings is 2. The first-order chi connectivity index (χ1) is 14.7. The average Bonchev–Trinajstić information content (AvgIpc) is 3.26. The Morgan fingerprint density at radius 3 is 2.70 bits per heavy atom. The van der Waals surface area contributed by atoms with Crippen LogP contribution in [-0.2, 0) is 12.3 Å². The Labute approximate surface area is 177 Å². The van der Waals surface area contributed by atoms with Gasteiger partial charge in [0.2, 0.25) is 5.89 Å². The van der Waals surface area contributed by atoms with Crippen molar-refractivity contribution in [3.05, 3.63) is 70.8 Å². The van der Waals surface area contributed by atoms with Crippen molar-refractivity contribution in [3.8, 4) is 17.2 Å². The molecule has 2 aromatic heterocycles. The number of hydrogen-bond donors (Lipinski definition) is 1. The minimum Gasteiger partial charge on any atom is -0.497 e. The summed E-state index contributed by atoms with van der Waals surface area (Å²) in [7, 11) is 1.62. The second kappa shape index (κ2) is 9.15. The van der Waals surface area contributed by atoms with Crippen molar-refractivity contribution < 1.29 is 14.3 Å². The first-order valence-electron chi connectivity index (χ1n) is 9.51. The molecule has 154 valence electrons. The van der Waals surface area contributed by atoms with E-state index in [1.165, 1.54) is 11.8 Å². The van der Waals surface area contributed by atoms with Gasteiger partial charge in [0.1, 0.15) is 12.0 Å². The summed E-state index contributed by atoms with van der Waals surface area (Å²) in [6.07, 6.45) is 2.10. The zero-order valence-corrected chi connectivity index (χ0v) is 17.3. The normalized spacial score (nSPS) is 11.1. The third-order valence-corrected chi connectivity index (χ3v) is 5.61. The molecule has 0 saturated heterocycles. The van der Waals surface area contributed by atoms with Gasteiger partial charge in [0, 0.05) is 24.5 Å². The zero-order valence-electron chi connectivity index (χ0n) is 16.4. The molecule has 4 rings (SSSR count). The molecule has 1 N–H and O–H groups in total. The highest BCUT2D eigenvalue weighted by atomic mass is 32.2. The van der Waals surface area contributed by atoms with E-state index in [0.29, 0.717) is 40.7 Å². The van der Waals surface area contributed by atoms with Crippen LogP contribution in [0.15, 0.2) is 69.2 Å². The highest BCUT2D eigenvalue weighted by molar-refractivity contribution is 7.98. The molecule has 30 heavy (non-hydrogen) atoms. The Balaban J connectivity index is 1.57. The molecule has 0 spiro atoms. The smallest absolute Gasteiger partial charge is 0.262 e. The van der Waals surface area contributed by atoms with Crippen molar-refractivity contribution in [2.45, 2.75) is 23.9 Å². The number of para-hydroxylation sites is 1. The van der Waals surface area contributed by atoms with Gasteiger partial charge in [0.25, 0.3) is 5.56 Å². The quantitative estimate of drug-likeness (QED) is 0.341. The van der Waals surface area contributed by atoms with Gasteiger partial charge in [-0.05, 0) is 42.8 Å². The largest absolute Gasteiger partial charge is 0.497 e. The number of aliphatic hydroxyl groups excluding tert-OH is 1. The Hall–Kier alpha value is -3.10. The van der Waals surface area contributed by atoms with Gasteiger partial charge in [-0.1, -0.05) is 23.9 Å². The molecule has 0 radical (unpaired) electrons. The molecule has 0 fully saturated rings. The summed E-state index contributed by atoms with van der Waals surface area (Å²) in [5.74, 6) is 1.80. The number of methoxy groups -OCH3 is 1. The number of fused-ring (bicyclic) bond motifs is 1. The van der Waals surface area contributed by atoms with Gasteiger partial charge in [-0.15, -0.1) is 0 Å². The third kappa shape index (κ3) is 4.24. The van der Waals surface area contributed by atoms with Crippen LogP contribution in [0.1, 0.15) is 12.1 Å². The summed E-state index contributed by atoms with van der Waals surface area (Å²) in [6, 6.07) is 14.8. The molecule has 0 aliphatic heterocycles. The number of hydrogen-bond acceptors (Lipinski definition) is 7. The number of nitrogens with zero attached hydrogens (tertiary/aromatic N) is 3. The van der Waals surface area contributed by atoms with Crippen molar-refractivity contribution in [2.75, 3.05) is 13.7 Å². The van der Waals surface area contributed by atoms with Crippen molar-refractivity contribution >= 4 is 22.7 Å². The number of aromatic nitrogens is 3. The minimum absolute atomic E-state index is 0.0118. The fraction of sp³-hybridized carbons (Fsp3) is 0.227. The third-order valence-electron chi connectivity index (χ3n) is 4.60. The minimum atomic E-state index is -0.101. The summed E-state index contributed by atoms with van der Waals surface area (Å²) < 4.78 is 12.4. The van der Waals surface area contributed by atoms with Gasteiger partial charge in [0.15, 0.2) is 5.16 Å². The maximum Gasteiger partial charge on any atom is 0.262 e. The molecule has 0 aliphatic rings. The lowest BCUT2D eigenvalue weighted by atomic mass is 10.2. The number of thioether (sulfide) groups is 1. The molecule has 4 aromatic rings.